The van der Waals surface area contributed by atoms with Gasteiger partial charge in [0.1, 0.15) is 10.6 Å². The highest BCUT2D eigenvalue weighted by Crippen LogP contribution is 2.27. The summed E-state index contributed by atoms with van der Waals surface area (Å²) >= 11 is 0. The minimum atomic E-state index is -3.76. The van der Waals surface area contributed by atoms with E-state index in [1.807, 2.05) is 0 Å². The van der Waals surface area contributed by atoms with Gasteiger partial charge in [-0.15, -0.1) is 0 Å². The van der Waals surface area contributed by atoms with Gasteiger partial charge in [-0.1, -0.05) is 19.1 Å². The van der Waals surface area contributed by atoms with Crippen molar-refractivity contribution in [2.45, 2.75) is 32.6 Å². The fourth-order valence-electron chi connectivity index (χ4n) is 3.80. The molecule has 1 aliphatic rings. The van der Waals surface area contributed by atoms with Crippen molar-refractivity contribution in [3.05, 3.63) is 53.1 Å². The SMILES string of the molecule is CCNS(=O)(=O)c1cc(C(=O)N2CCN(c3cccc(C)c3C)CC2)ccc1OCC. The fraction of sp³-hybridized carbons (Fsp3) is 0.435. The highest BCUT2D eigenvalue weighted by molar-refractivity contribution is 7.89. The number of anilines is 1. The van der Waals surface area contributed by atoms with Gasteiger partial charge in [-0.2, -0.15) is 0 Å². The number of carbonyl (C=O) groups excluding carboxylic acids is 1. The Morgan fingerprint density at radius 1 is 1.06 bits per heavy atom. The fourth-order valence-corrected chi connectivity index (χ4v) is 5.01. The Morgan fingerprint density at radius 3 is 2.42 bits per heavy atom. The Balaban J connectivity index is 1.78. The van der Waals surface area contributed by atoms with Gasteiger partial charge in [0.2, 0.25) is 10.0 Å². The summed E-state index contributed by atoms with van der Waals surface area (Å²) in [5.74, 6) is 0.0800. The number of rotatable bonds is 7. The van der Waals surface area contributed by atoms with Gasteiger partial charge in [0.25, 0.3) is 5.91 Å². The van der Waals surface area contributed by atoms with Crippen molar-refractivity contribution in [2.75, 3.05) is 44.2 Å². The first kappa shape index (κ1) is 23.1. The summed E-state index contributed by atoms with van der Waals surface area (Å²) in [7, 11) is -3.76. The van der Waals surface area contributed by atoms with E-state index in [4.69, 9.17) is 4.74 Å². The van der Waals surface area contributed by atoms with Crippen molar-refractivity contribution >= 4 is 21.6 Å². The maximum atomic E-state index is 13.1. The van der Waals surface area contributed by atoms with Crippen LogP contribution < -0.4 is 14.4 Å². The number of amides is 1. The largest absolute Gasteiger partial charge is 0.492 e. The average Bonchev–Trinajstić information content (AvgIpc) is 2.76. The number of hydrogen-bond donors (Lipinski definition) is 1. The van der Waals surface area contributed by atoms with E-state index in [0.717, 1.165) is 13.1 Å². The average molecular weight is 446 g/mol. The second kappa shape index (κ2) is 9.70. The molecule has 168 valence electrons. The van der Waals surface area contributed by atoms with Crippen LogP contribution in [0.15, 0.2) is 41.3 Å². The first-order valence-electron chi connectivity index (χ1n) is 10.7. The molecule has 8 heteroatoms. The number of nitrogens with one attached hydrogen (secondary N) is 1. The Labute approximate surface area is 185 Å². The van der Waals surface area contributed by atoms with Gasteiger partial charge in [-0.05, 0) is 56.2 Å². The topological polar surface area (TPSA) is 79.0 Å². The van der Waals surface area contributed by atoms with Crippen LogP contribution in [0.3, 0.4) is 0 Å². The molecule has 1 aliphatic heterocycles. The van der Waals surface area contributed by atoms with E-state index in [2.05, 4.69) is 41.7 Å². The molecule has 1 fully saturated rings. The lowest BCUT2D eigenvalue weighted by molar-refractivity contribution is 0.0746. The smallest absolute Gasteiger partial charge is 0.254 e. The van der Waals surface area contributed by atoms with E-state index in [0.29, 0.717) is 25.3 Å². The third-order valence-electron chi connectivity index (χ3n) is 5.60. The molecule has 1 saturated heterocycles. The molecule has 2 aromatic carbocycles. The molecule has 0 radical (unpaired) electrons. The lowest BCUT2D eigenvalue weighted by Crippen LogP contribution is -2.49. The van der Waals surface area contributed by atoms with Crippen LogP contribution in [0.4, 0.5) is 5.69 Å². The van der Waals surface area contributed by atoms with Crippen LogP contribution in [0.2, 0.25) is 0 Å². The van der Waals surface area contributed by atoms with Crippen molar-refractivity contribution < 1.29 is 17.9 Å². The molecule has 31 heavy (non-hydrogen) atoms. The molecule has 0 unspecified atom stereocenters. The predicted molar refractivity (Wildman–Crippen MR) is 123 cm³/mol. The summed E-state index contributed by atoms with van der Waals surface area (Å²) in [5.41, 5.74) is 4.05. The summed E-state index contributed by atoms with van der Waals surface area (Å²) in [6.07, 6.45) is 0. The zero-order chi connectivity index (χ0) is 22.6. The van der Waals surface area contributed by atoms with Crippen LogP contribution in [0.25, 0.3) is 0 Å². The summed E-state index contributed by atoms with van der Waals surface area (Å²) < 4.78 is 33.2. The first-order valence-corrected chi connectivity index (χ1v) is 12.1. The molecule has 0 aliphatic carbocycles. The summed E-state index contributed by atoms with van der Waals surface area (Å²) in [5, 5.41) is 0. The molecule has 1 amide bonds. The molecule has 1 heterocycles. The Morgan fingerprint density at radius 2 is 1.77 bits per heavy atom. The standard InChI is InChI=1S/C23H31N3O4S/c1-5-24-31(28,29)22-16-19(10-11-21(22)30-6-2)23(27)26-14-12-25(13-15-26)20-9-7-8-17(3)18(20)4/h7-11,16,24H,5-6,12-15H2,1-4H3. The molecule has 0 aromatic heterocycles. The van der Waals surface area contributed by atoms with Crippen LogP contribution in [0.5, 0.6) is 5.75 Å². The first-order chi connectivity index (χ1) is 14.8. The number of ether oxygens (including phenoxy) is 1. The number of carbonyl (C=O) groups is 1. The molecule has 2 aromatic rings. The quantitative estimate of drug-likeness (QED) is 0.709. The number of piperazine rings is 1. The van der Waals surface area contributed by atoms with Crippen LogP contribution in [0.1, 0.15) is 35.3 Å². The number of benzene rings is 2. The highest BCUT2D eigenvalue weighted by atomic mass is 32.2. The second-order valence-corrected chi connectivity index (χ2v) is 9.33. The lowest BCUT2D eigenvalue weighted by atomic mass is 10.1. The molecule has 0 atom stereocenters. The van der Waals surface area contributed by atoms with E-state index in [1.54, 1.807) is 30.9 Å². The van der Waals surface area contributed by atoms with Crippen molar-refractivity contribution in [2.24, 2.45) is 0 Å². The normalized spacial score (nSPS) is 14.6. The number of hydrogen-bond acceptors (Lipinski definition) is 5. The van der Waals surface area contributed by atoms with Gasteiger partial charge in [0.15, 0.2) is 0 Å². The van der Waals surface area contributed by atoms with E-state index in [1.165, 1.54) is 22.9 Å². The summed E-state index contributed by atoms with van der Waals surface area (Å²) in [6, 6.07) is 10.9. The van der Waals surface area contributed by atoms with Gasteiger partial charge in [-0.25, -0.2) is 13.1 Å². The number of nitrogens with zero attached hydrogens (tertiary/aromatic N) is 2. The maximum absolute atomic E-state index is 13.1. The zero-order valence-corrected chi connectivity index (χ0v) is 19.5. The molecular formula is C23H31N3O4S. The third-order valence-corrected chi connectivity index (χ3v) is 7.16. The Kier molecular flexibility index (Phi) is 7.23. The highest BCUT2D eigenvalue weighted by Gasteiger charge is 2.26. The summed E-state index contributed by atoms with van der Waals surface area (Å²) in [4.78, 5) is 17.2. The Bertz CT molecular complexity index is 1040. The van der Waals surface area contributed by atoms with Crippen molar-refractivity contribution in [3.63, 3.8) is 0 Å². The molecule has 0 bridgehead atoms. The minimum absolute atomic E-state index is 0.00364. The predicted octanol–water partition coefficient (Wildman–Crippen LogP) is 2.96. The molecule has 0 saturated carbocycles. The van der Waals surface area contributed by atoms with Crippen molar-refractivity contribution in [1.29, 1.82) is 0 Å². The van der Waals surface area contributed by atoms with Crippen molar-refractivity contribution in [1.82, 2.24) is 9.62 Å². The molecule has 3 rings (SSSR count). The minimum Gasteiger partial charge on any atom is -0.492 e. The van der Waals surface area contributed by atoms with Crippen LogP contribution in [0, 0.1) is 13.8 Å². The number of sulfonamides is 1. The van der Waals surface area contributed by atoms with Gasteiger partial charge in [0, 0.05) is 44.0 Å². The third kappa shape index (κ3) is 5.02. The maximum Gasteiger partial charge on any atom is 0.254 e. The van der Waals surface area contributed by atoms with E-state index < -0.39 is 10.0 Å². The summed E-state index contributed by atoms with van der Waals surface area (Å²) in [6.45, 7) is 10.9. The van der Waals surface area contributed by atoms with Crippen LogP contribution >= 0.6 is 0 Å². The number of aryl methyl sites for hydroxylation is 1. The molecular weight excluding hydrogens is 414 g/mol. The van der Waals surface area contributed by atoms with Crippen molar-refractivity contribution in [3.8, 4) is 5.75 Å². The molecule has 0 spiro atoms. The molecule has 1 N–H and O–H groups in total. The van der Waals surface area contributed by atoms with E-state index in [9.17, 15) is 13.2 Å². The lowest BCUT2D eigenvalue weighted by Gasteiger charge is -2.37. The van der Waals surface area contributed by atoms with Crippen LogP contribution in [-0.4, -0.2) is 58.6 Å². The van der Waals surface area contributed by atoms with Gasteiger partial charge < -0.3 is 14.5 Å². The second-order valence-electron chi connectivity index (χ2n) is 7.59. The molecule has 7 nitrogen and oxygen atoms in total. The van der Waals surface area contributed by atoms with Gasteiger partial charge in [0.05, 0.1) is 6.61 Å². The zero-order valence-electron chi connectivity index (χ0n) is 18.6. The van der Waals surface area contributed by atoms with Crippen LogP contribution in [-0.2, 0) is 10.0 Å². The van der Waals surface area contributed by atoms with E-state index in [-0.39, 0.29) is 23.1 Å². The Hall–Kier alpha value is -2.58. The monoisotopic (exact) mass is 445 g/mol. The van der Waals surface area contributed by atoms with Gasteiger partial charge >= 0.3 is 0 Å². The van der Waals surface area contributed by atoms with Gasteiger partial charge in [-0.3, -0.25) is 4.79 Å². The van der Waals surface area contributed by atoms with E-state index >= 15 is 0 Å².